The largest absolute Gasteiger partial charge is 0.390 e. The Labute approximate surface area is 130 Å². The van der Waals surface area contributed by atoms with Crippen LogP contribution in [0.3, 0.4) is 0 Å². The molecule has 1 aromatic carbocycles. The van der Waals surface area contributed by atoms with Gasteiger partial charge in [0.1, 0.15) is 0 Å². The number of anilines is 1. The maximum Gasteiger partial charge on any atom is 0.0653 e. The van der Waals surface area contributed by atoms with Gasteiger partial charge in [0, 0.05) is 29.8 Å². The molecule has 0 atom stereocenters. The molecule has 3 nitrogen and oxygen atoms in total. The van der Waals surface area contributed by atoms with E-state index in [1.807, 2.05) is 6.92 Å². The van der Waals surface area contributed by atoms with Crippen molar-refractivity contribution in [3.63, 3.8) is 0 Å². The normalized spacial score (nSPS) is 18.3. The molecule has 112 valence electrons. The Morgan fingerprint density at radius 2 is 2.05 bits per heavy atom. The van der Waals surface area contributed by atoms with Crippen LogP contribution in [0.4, 0.5) is 5.69 Å². The molecule has 0 radical (unpaired) electrons. The number of nitrogens with one attached hydrogen (secondary N) is 1. The van der Waals surface area contributed by atoms with Gasteiger partial charge in [0.05, 0.1) is 5.60 Å². The minimum atomic E-state index is -0.497. The lowest BCUT2D eigenvalue weighted by atomic mass is 9.93. The number of piperidine rings is 1. The third kappa shape index (κ3) is 4.21. The van der Waals surface area contributed by atoms with Crippen LogP contribution in [0.25, 0.3) is 0 Å². The third-order valence-corrected chi connectivity index (χ3v) is 4.46. The minimum Gasteiger partial charge on any atom is -0.390 e. The summed E-state index contributed by atoms with van der Waals surface area (Å²) in [5.74, 6) is 0. The molecule has 2 N–H and O–H groups in total. The molecular weight excluding hydrogens is 316 g/mol. The van der Waals surface area contributed by atoms with Crippen molar-refractivity contribution in [2.45, 2.75) is 45.3 Å². The average Bonchev–Trinajstić information content (AvgIpc) is 2.41. The van der Waals surface area contributed by atoms with E-state index in [9.17, 15) is 5.11 Å². The molecule has 0 unspecified atom stereocenters. The van der Waals surface area contributed by atoms with Gasteiger partial charge in [-0.1, -0.05) is 28.9 Å². The topological polar surface area (TPSA) is 35.5 Å². The predicted molar refractivity (Wildman–Crippen MR) is 88.2 cm³/mol. The number of hydrogen-bond donors (Lipinski definition) is 2. The fraction of sp³-hybridized carbons (Fsp3) is 0.625. The quantitative estimate of drug-likeness (QED) is 0.807. The Hall–Kier alpha value is -0.580. The van der Waals surface area contributed by atoms with Crippen molar-refractivity contribution in [2.24, 2.45) is 0 Å². The number of aliphatic hydroxyl groups is 1. The van der Waals surface area contributed by atoms with Crippen molar-refractivity contribution in [3.05, 3.63) is 28.2 Å². The van der Waals surface area contributed by atoms with Crippen molar-refractivity contribution in [1.29, 1.82) is 0 Å². The lowest BCUT2D eigenvalue weighted by Crippen LogP contribution is -2.42. The van der Waals surface area contributed by atoms with E-state index in [0.717, 1.165) is 49.9 Å². The highest BCUT2D eigenvalue weighted by atomic mass is 79.9. The maximum absolute atomic E-state index is 10.1. The highest BCUT2D eigenvalue weighted by molar-refractivity contribution is 9.10. The van der Waals surface area contributed by atoms with Crippen LogP contribution in [0, 0.1) is 0 Å². The number of benzene rings is 1. The molecule has 1 aliphatic rings. The number of nitrogens with zero attached hydrogens (tertiary/aromatic N) is 1. The van der Waals surface area contributed by atoms with E-state index < -0.39 is 5.60 Å². The molecule has 1 aromatic rings. The van der Waals surface area contributed by atoms with Crippen LogP contribution >= 0.6 is 15.9 Å². The van der Waals surface area contributed by atoms with Gasteiger partial charge in [-0.15, -0.1) is 0 Å². The molecule has 0 amide bonds. The van der Waals surface area contributed by atoms with Crippen LogP contribution in [-0.4, -0.2) is 30.3 Å². The zero-order valence-corrected chi connectivity index (χ0v) is 14.0. The number of rotatable bonds is 5. The second-order valence-electron chi connectivity index (χ2n) is 5.93. The first-order valence-electron chi connectivity index (χ1n) is 7.48. The molecule has 0 aliphatic carbocycles. The van der Waals surface area contributed by atoms with Gasteiger partial charge >= 0.3 is 0 Å². The molecular formula is C16H25BrN2O. The number of hydrogen-bond acceptors (Lipinski definition) is 3. The van der Waals surface area contributed by atoms with E-state index in [1.165, 1.54) is 11.3 Å². The van der Waals surface area contributed by atoms with E-state index in [4.69, 9.17) is 0 Å². The predicted octanol–water partition coefficient (Wildman–Crippen LogP) is 3.30. The molecule has 20 heavy (non-hydrogen) atoms. The van der Waals surface area contributed by atoms with Gasteiger partial charge in [-0.25, -0.2) is 0 Å². The van der Waals surface area contributed by atoms with Crippen LogP contribution in [0.2, 0.25) is 0 Å². The first kappa shape index (κ1) is 15.8. The van der Waals surface area contributed by atoms with Gasteiger partial charge in [-0.3, -0.25) is 0 Å². The van der Waals surface area contributed by atoms with E-state index in [0.29, 0.717) is 0 Å². The highest BCUT2D eigenvalue weighted by Gasteiger charge is 2.28. The fourth-order valence-corrected chi connectivity index (χ4v) is 2.96. The summed E-state index contributed by atoms with van der Waals surface area (Å²) in [5, 5.41) is 13.6. The summed E-state index contributed by atoms with van der Waals surface area (Å²) in [5.41, 5.74) is 2.13. The summed E-state index contributed by atoms with van der Waals surface area (Å²) in [7, 11) is 0. The summed E-state index contributed by atoms with van der Waals surface area (Å²) in [4.78, 5) is 2.39. The third-order valence-electron chi connectivity index (χ3n) is 3.97. The van der Waals surface area contributed by atoms with Crippen LogP contribution in [-0.2, 0) is 6.54 Å². The second-order valence-corrected chi connectivity index (χ2v) is 6.85. The van der Waals surface area contributed by atoms with Crippen molar-refractivity contribution < 1.29 is 5.11 Å². The first-order chi connectivity index (χ1) is 9.52. The van der Waals surface area contributed by atoms with E-state index in [1.54, 1.807) is 0 Å². The Morgan fingerprint density at radius 1 is 1.35 bits per heavy atom. The van der Waals surface area contributed by atoms with Crippen molar-refractivity contribution in [1.82, 2.24) is 5.32 Å². The Morgan fingerprint density at radius 3 is 2.70 bits per heavy atom. The van der Waals surface area contributed by atoms with Crippen LogP contribution in [0.1, 0.15) is 38.7 Å². The van der Waals surface area contributed by atoms with E-state index in [2.05, 4.69) is 51.3 Å². The van der Waals surface area contributed by atoms with Crippen molar-refractivity contribution in [2.75, 3.05) is 24.5 Å². The lowest BCUT2D eigenvalue weighted by Gasteiger charge is -2.38. The summed E-state index contributed by atoms with van der Waals surface area (Å²) in [6.45, 7) is 7.92. The van der Waals surface area contributed by atoms with Gasteiger partial charge in [-0.2, -0.15) is 0 Å². The monoisotopic (exact) mass is 340 g/mol. The van der Waals surface area contributed by atoms with Gasteiger partial charge in [0.15, 0.2) is 0 Å². The molecule has 1 heterocycles. The molecule has 1 fully saturated rings. The molecule has 0 bridgehead atoms. The average molecular weight is 341 g/mol. The smallest absolute Gasteiger partial charge is 0.0653 e. The highest BCUT2D eigenvalue weighted by Crippen LogP contribution is 2.30. The summed E-state index contributed by atoms with van der Waals surface area (Å²) >= 11 is 3.57. The molecule has 0 aromatic heterocycles. The zero-order valence-electron chi connectivity index (χ0n) is 12.5. The van der Waals surface area contributed by atoms with Gasteiger partial charge in [0.2, 0.25) is 0 Å². The molecule has 1 aliphatic heterocycles. The lowest BCUT2D eigenvalue weighted by molar-refractivity contribution is 0.0351. The van der Waals surface area contributed by atoms with Crippen LogP contribution in [0.15, 0.2) is 22.7 Å². The molecule has 1 saturated heterocycles. The van der Waals surface area contributed by atoms with Crippen molar-refractivity contribution in [3.8, 4) is 0 Å². The Balaban J connectivity index is 2.11. The second kappa shape index (κ2) is 6.92. The first-order valence-corrected chi connectivity index (χ1v) is 8.27. The van der Waals surface area contributed by atoms with Gasteiger partial charge in [-0.05, 0) is 50.4 Å². The van der Waals surface area contributed by atoms with E-state index >= 15 is 0 Å². The minimum absolute atomic E-state index is 0.497. The summed E-state index contributed by atoms with van der Waals surface area (Å²) < 4.78 is 1.11. The Bertz CT molecular complexity index is 438. The van der Waals surface area contributed by atoms with Gasteiger partial charge < -0.3 is 15.3 Å². The molecule has 4 heteroatoms. The van der Waals surface area contributed by atoms with Crippen molar-refractivity contribution >= 4 is 21.6 Å². The zero-order chi connectivity index (χ0) is 14.6. The molecule has 0 spiro atoms. The van der Waals surface area contributed by atoms with E-state index in [-0.39, 0.29) is 0 Å². The SMILES string of the molecule is CCCNCc1ccc(Br)cc1N1CCC(C)(O)CC1. The fourth-order valence-electron chi connectivity index (χ4n) is 2.61. The van der Waals surface area contributed by atoms with Gasteiger partial charge in [0.25, 0.3) is 0 Å². The number of halogens is 1. The Kier molecular flexibility index (Phi) is 5.47. The summed E-state index contributed by atoms with van der Waals surface area (Å²) in [6.07, 6.45) is 2.82. The molecule has 2 rings (SSSR count). The van der Waals surface area contributed by atoms with Crippen LogP contribution < -0.4 is 10.2 Å². The maximum atomic E-state index is 10.1. The standard InChI is InChI=1S/C16H25BrN2O/c1-3-8-18-12-13-4-5-14(17)11-15(13)19-9-6-16(2,20)7-10-19/h4-5,11,18,20H,3,6-10,12H2,1-2H3. The summed E-state index contributed by atoms with van der Waals surface area (Å²) in [6, 6.07) is 6.49. The van der Waals surface area contributed by atoms with Crippen LogP contribution in [0.5, 0.6) is 0 Å². The molecule has 0 saturated carbocycles.